The average Bonchev–Trinajstić information content (AvgIpc) is 2.63. The van der Waals surface area contributed by atoms with Gasteiger partial charge in [-0.2, -0.15) is 13.2 Å². The van der Waals surface area contributed by atoms with Crippen LogP contribution in [0.2, 0.25) is 0 Å². The van der Waals surface area contributed by atoms with E-state index in [-0.39, 0.29) is 6.61 Å². The van der Waals surface area contributed by atoms with E-state index < -0.39 is 28.1 Å². The first-order valence-electron chi connectivity index (χ1n) is 5.28. The van der Waals surface area contributed by atoms with E-state index >= 15 is 0 Å². The number of thioether (sulfide) groups is 1. The highest BCUT2D eigenvalue weighted by molar-refractivity contribution is 8.04. The molecule has 0 fully saturated rings. The molecule has 100 valence electrons. The second-order valence-electron chi connectivity index (χ2n) is 2.83. The van der Waals surface area contributed by atoms with Crippen molar-refractivity contribution in [2.24, 2.45) is 0 Å². The predicted molar refractivity (Wildman–Crippen MR) is 61.3 cm³/mol. The van der Waals surface area contributed by atoms with Crippen molar-refractivity contribution in [3.8, 4) is 0 Å². The molecule has 0 aliphatic carbocycles. The molecule has 0 radical (unpaired) electrons. The van der Waals surface area contributed by atoms with Gasteiger partial charge in [0.05, 0.1) is 12.0 Å². The van der Waals surface area contributed by atoms with Gasteiger partial charge in [-0.1, -0.05) is 25.6 Å². The molecule has 3 nitrogen and oxygen atoms in total. The van der Waals surface area contributed by atoms with Crippen LogP contribution in [0.25, 0.3) is 0 Å². The molecule has 0 saturated carbocycles. The second kappa shape index (κ2) is 6.78. The number of allylic oxidation sites excluding steroid dienone is 1. The molecule has 1 unspecified atom stereocenters. The summed E-state index contributed by atoms with van der Waals surface area (Å²) in [6.45, 7) is 7.15. The molecule has 1 N–H and O–H groups in total. The van der Waals surface area contributed by atoms with Crippen molar-refractivity contribution < 1.29 is 22.7 Å². The minimum atomic E-state index is -4.54. The molecular weight excluding hydrogens is 255 g/mol. The van der Waals surface area contributed by atoms with Crippen LogP contribution in [0.15, 0.2) is 10.6 Å². The topological polar surface area (TPSA) is 38.3 Å². The van der Waals surface area contributed by atoms with Crippen LogP contribution in [0.3, 0.4) is 0 Å². The lowest BCUT2D eigenvalue weighted by Crippen LogP contribution is -2.27. The summed E-state index contributed by atoms with van der Waals surface area (Å²) >= 11 is 0.823. The Morgan fingerprint density at radius 1 is 1.47 bits per heavy atom. The van der Waals surface area contributed by atoms with E-state index in [1.165, 1.54) is 0 Å². The van der Waals surface area contributed by atoms with Crippen LogP contribution < -0.4 is 5.32 Å². The van der Waals surface area contributed by atoms with Crippen molar-refractivity contribution in [2.75, 3.05) is 6.61 Å². The molecular formula is C10H16F3NO2S. The van der Waals surface area contributed by atoms with Gasteiger partial charge in [-0.15, -0.1) is 0 Å². The molecule has 17 heavy (non-hydrogen) atoms. The van der Waals surface area contributed by atoms with Gasteiger partial charge in [0.25, 0.3) is 0 Å². The normalized spacial score (nSPS) is 19.4. The molecule has 0 aromatic carbocycles. The van der Waals surface area contributed by atoms with Crippen molar-refractivity contribution in [3.63, 3.8) is 0 Å². The number of ether oxygens (including phenoxy) is 1. The molecule has 7 heteroatoms. The minimum absolute atomic E-state index is 0.0579. The van der Waals surface area contributed by atoms with Gasteiger partial charge in [0, 0.05) is 0 Å². The number of hydrogen-bond donors (Lipinski definition) is 1. The maximum atomic E-state index is 12.4. The van der Waals surface area contributed by atoms with Gasteiger partial charge in [-0.05, 0) is 13.8 Å². The molecule has 0 aromatic heterocycles. The van der Waals surface area contributed by atoms with Gasteiger partial charge in [0.15, 0.2) is 0 Å². The van der Waals surface area contributed by atoms with Gasteiger partial charge >= 0.3 is 12.1 Å². The Morgan fingerprint density at radius 2 is 2.00 bits per heavy atom. The fraction of sp³-hybridized carbons (Fsp3) is 0.700. The number of rotatable bonds is 2. The van der Waals surface area contributed by atoms with Crippen LogP contribution in [0, 0.1) is 0 Å². The molecule has 0 aromatic rings. The van der Waals surface area contributed by atoms with Crippen molar-refractivity contribution >= 4 is 17.7 Å². The summed E-state index contributed by atoms with van der Waals surface area (Å²) in [5.41, 5.74) is -1.00. The molecule has 0 amide bonds. The maximum Gasteiger partial charge on any atom is 0.432 e. The Hall–Kier alpha value is -0.850. The summed E-state index contributed by atoms with van der Waals surface area (Å²) in [5.74, 6) is -0.924. The quantitative estimate of drug-likeness (QED) is 0.783. The smallest absolute Gasteiger partial charge is 0.432 e. The lowest BCUT2D eigenvalue weighted by atomic mass is 10.3. The average molecular weight is 271 g/mol. The molecule has 0 saturated heterocycles. The summed E-state index contributed by atoms with van der Waals surface area (Å²) in [7, 11) is 0. The summed E-state index contributed by atoms with van der Waals surface area (Å²) < 4.78 is 41.9. The highest BCUT2D eigenvalue weighted by Gasteiger charge is 2.43. The van der Waals surface area contributed by atoms with Gasteiger partial charge in [0.1, 0.15) is 10.6 Å². The van der Waals surface area contributed by atoms with Crippen molar-refractivity contribution in [3.05, 3.63) is 10.6 Å². The predicted octanol–water partition coefficient (Wildman–Crippen LogP) is 3.03. The van der Waals surface area contributed by atoms with E-state index in [0.717, 1.165) is 11.8 Å². The number of alkyl halides is 3. The SMILES string of the molecule is CC.CCOC(=O)C1=C(C(F)(F)F)NC(C)S1. The maximum absolute atomic E-state index is 12.4. The van der Waals surface area contributed by atoms with Crippen LogP contribution in [0.5, 0.6) is 0 Å². The molecule has 1 aliphatic rings. The van der Waals surface area contributed by atoms with Crippen LogP contribution in [-0.2, 0) is 9.53 Å². The first kappa shape index (κ1) is 16.1. The van der Waals surface area contributed by atoms with Crippen molar-refractivity contribution in [2.45, 2.75) is 39.2 Å². The molecule has 1 aliphatic heterocycles. The molecule has 0 bridgehead atoms. The molecule has 1 atom stereocenters. The number of carbonyl (C=O) groups is 1. The number of halogens is 3. The van der Waals surface area contributed by atoms with E-state index in [9.17, 15) is 18.0 Å². The highest BCUT2D eigenvalue weighted by Crippen LogP contribution is 2.38. The van der Waals surface area contributed by atoms with Gasteiger partial charge in [-0.3, -0.25) is 0 Å². The van der Waals surface area contributed by atoms with E-state index in [2.05, 4.69) is 10.1 Å². The number of hydrogen-bond acceptors (Lipinski definition) is 4. The number of carbonyl (C=O) groups excluding carboxylic acids is 1. The summed E-state index contributed by atoms with van der Waals surface area (Å²) in [5, 5.41) is 1.73. The molecule has 1 rings (SSSR count). The van der Waals surface area contributed by atoms with Crippen molar-refractivity contribution in [1.29, 1.82) is 0 Å². The zero-order chi connectivity index (χ0) is 13.6. The molecule has 0 spiro atoms. The Balaban J connectivity index is 0.00000121. The van der Waals surface area contributed by atoms with E-state index in [0.29, 0.717) is 0 Å². The van der Waals surface area contributed by atoms with Crippen LogP contribution in [-0.4, -0.2) is 24.1 Å². The summed E-state index contributed by atoms with van der Waals surface area (Å²) in [4.78, 5) is 10.8. The van der Waals surface area contributed by atoms with Gasteiger partial charge in [0.2, 0.25) is 0 Å². The Bertz CT molecular complexity index is 302. The summed E-state index contributed by atoms with van der Waals surface area (Å²) in [6.07, 6.45) is -4.54. The first-order valence-corrected chi connectivity index (χ1v) is 6.16. The monoisotopic (exact) mass is 271 g/mol. The lowest BCUT2D eigenvalue weighted by molar-refractivity contribution is -0.138. The van der Waals surface area contributed by atoms with E-state index in [4.69, 9.17) is 0 Å². The van der Waals surface area contributed by atoms with Crippen LogP contribution in [0.4, 0.5) is 13.2 Å². The lowest BCUT2D eigenvalue weighted by Gasteiger charge is -2.10. The Kier molecular flexibility index (Phi) is 6.44. The van der Waals surface area contributed by atoms with Crippen molar-refractivity contribution in [1.82, 2.24) is 5.32 Å². The third kappa shape index (κ3) is 4.49. The largest absolute Gasteiger partial charge is 0.462 e. The van der Waals surface area contributed by atoms with E-state index in [1.807, 2.05) is 13.8 Å². The third-order valence-electron chi connectivity index (χ3n) is 1.61. The molecule has 1 heterocycles. The van der Waals surface area contributed by atoms with Gasteiger partial charge in [-0.25, -0.2) is 4.79 Å². The highest BCUT2D eigenvalue weighted by atomic mass is 32.2. The van der Waals surface area contributed by atoms with E-state index in [1.54, 1.807) is 13.8 Å². The second-order valence-corrected chi connectivity index (χ2v) is 4.18. The third-order valence-corrected chi connectivity index (χ3v) is 2.69. The number of esters is 1. The number of nitrogens with one attached hydrogen (secondary N) is 1. The van der Waals surface area contributed by atoms with Gasteiger partial charge < -0.3 is 10.1 Å². The zero-order valence-corrected chi connectivity index (χ0v) is 11.0. The fourth-order valence-electron chi connectivity index (χ4n) is 1.09. The Labute approximate surface area is 103 Å². The minimum Gasteiger partial charge on any atom is -0.462 e. The Morgan fingerprint density at radius 3 is 2.41 bits per heavy atom. The summed E-state index contributed by atoms with van der Waals surface area (Å²) in [6, 6.07) is 0. The van der Waals surface area contributed by atoms with Crippen LogP contribution >= 0.6 is 11.8 Å². The van der Waals surface area contributed by atoms with Crippen LogP contribution in [0.1, 0.15) is 27.7 Å². The zero-order valence-electron chi connectivity index (χ0n) is 10.1. The standard InChI is InChI=1S/C8H10F3NO2S.C2H6/c1-3-14-7(13)5-6(8(9,10)11)12-4(2)15-5;1-2/h4,12H,3H2,1-2H3;1-2H3. The first-order chi connectivity index (χ1) is 7.86. The fourth-order valence-corrected chi connectivity index (χ4v) is 2.07.